The van der Waals surface area contributed by atoms with Crippen molar-refractivity contribution in [3.63, 3.8) is 0 Å². The summed E-state index contributed by atoms with van der Waals surface area (Å²) in [6, 6.07) is 12.5. The molecule has 2 aromatic rings. The first-order valence-corrected chi connectivity index (χ1v) is 19.7. The number of nitrogens with zero attached hydrogens (tertiary/aromatic N) is 4. The first-order chi connectivity index (χ1) is 26.4. The number of ether oxygens (including phenoxy) is 4. The van der Waals surface area contributed by atoms with Crippen LogP contribution in [0.1, 0.15) is 59.2 Å². The van der Waals surface area contributed by atoms with Crippen LogP contribution in [0.2, 0.25) is 0 Å². The molecule has 54 heavy (non-hydrogen) atoms. The summed E-state index contributed by atoms with van der Waals surface area (Å²) in [5.41, 5.74) is 1.36. The van der Waals surface area contributed by atoms with Crippen LogP contribution in [0.5, 0.6) is 11.5 Å². The highest BCUT2D eigenvalue weighted by molar-refractivity contribution is 8.14. The summed E-state index contributed by atoms with van der Waals surface area (Å²) in [6.45, 7) is 4.77. The van der Waals surface area contributed by atoms with E-state index in [1.165, 1.54) is 37.1 Å². The van der Waals surface area contributed by atoms with Crippen molar-refractivity contribution in [2.24, 2.45) is 4.99 Å². The maximum absolute atomic E-state index is 13.2. The number of nitrogens with one attached hydrogen (secondary N) is 2. The van der Waals surface area contributed by atoms with Crippen molar-refractivity contribution in [1.29, 1.82) is 0 Å². The molecule has 0 radical (unpaired) electrons. The van der Waals surface area contributed by atoms with Crippen molar-refractivity contribution in [2.75, 3.05) is 76.5 Å². The Labute approximate surface area is 318 Å². The number of fused-ring (bicyclic) bond motifs is 2. The van der Waals surface area contributed by atoms with E-state index in [-0.39, 0.29) is 48.8 Å². The number of benzene rings is 2. The molecule has 5 amide bonds. The van der Waals surface area contributed by atoms with E-state index in [1.807, 2.05) is 29.2 Å². The molecule has 4 heterocycles. The summed E-state index contributed by atoms with van der Waals surface area (Å²) in [5, 5.41) is 6.64. The zero-order valence-electron chi connectivity index (χ0n) is 30.2. The van der Waals surface area contributed by atoms with Gasteiger partial charge in [-0.3, -0.25) is 39.2 Å². The first kappa shape index (κ1) is 37.6. The van der Waals surface area contributed by atoms with Crippen LogP contribution in [0.25, 0.3) is 0 Å². The fourth-order valence-corrected chi connectivity index (χ4v) is 8.29. The van der Waals surface area contributed by atoms with Gasteiger partial charge in [-0.15, -0.1) is 0 Å². The van der Waals surface area contributed by atoms with E-state index in [0.29, 0.717) is 57.4 Å². The molecule has 5 aliphatic rings. The second-order valence-electron chi connectivity index (χ2n) is 13.7. The number of carbonyl (C=O) groups excluding carboxylic acids is 5. The SMILES string of the molecule is O=C1CCC(N2C(=O)c3cccc(OCCOCCOCCOc4ccc(N5CCN(C(=O)CSC6=N[C@@H]7CCCC[C@H]7N6)CC5)cc4)c3C2=O)C(=O)N1. The van der Waals surface area contributed by atoms with Crippen molar-refractivity contribution < 1.29 is 42.9 Å². The molecule has 288 valence electrons. The van der Waals surface area contributed by atoms with Crippen LogP contribution in [-0.2, 0) is 23.9 Å². The minimum Gasteiger partial charge on any atom is -0.491 e. The van der Waals surface area contributed by atoms with E-state index in [4.69, 9.17) is 23.9 Å². The number of piperazine rings is 1. The number of piperidine rings is 1. The molecular weight excluding hydrogens is 717 g/mol. The Bertz CT molecular complexity index is 1750. The lowest BCUT2D eigenvalue weighted by molar-refractivity contribution is -0.136. The summed E-state index contributed by atoms with van der Waals surface area (Å²) in [4.78, 5) is 72.8. The Morgan fingerprint density at radius 3 is 2.28 bits per heavy atom. The molecule has 0 aromatic heterocycles. The minimum absolute atomic E-state index is 0.0518. The maximum atomic E-state index is 13.2. The molecule has 0 spiro atoms. The Kier molecular flexibility index (Phi) is 12.3. The van der Waals surface area contributed by atoms with Gasteiger partial charge in [0.1, 0.15) is 30.8 Å². The van der Waals surface area contributed by atoms with Crippen LogP contribution in [0.15, 0.2) is 47.5 Å². The number of thioether (sulfide) groups is 1. The van der Waals surface area contributed by atoms with E-state index in [2.05, 4.69) is 15.5 Å². The molecule has 15 nitrogen and oxygen atoms in total. The van der Waals surface area contributed by atoms with Gasteiger partial charge in [-0.1, -0.05) is 30.7 Å². The highest BCUT2D eigenvalue weighted by Crippen LogP contribution is 2.34. The van der Waals surface area contributed by atoms with Crippen LogP contribution in [0.4, 0.5) is 5.69 Å². The number of carbonyl (C=O) groups is 5. The largest absolute Gasteiger partial charge is 0.491 e. The van der Waals surface area contributed by atoms with Crippen LogP contribution >= 0.6 is 11.8 Å². The lowest BCUT2D eigenvalue weighted by atomic mass is 9.92. The Hall–Kier alpha value is -4.67. The molecule has 3 atom stereocenters. The molecule has 16 heteroatoms. The molecule has 1 aliphatic carbocycles. The Morgan fingerprint density at radius 2 is 1.54 bits per heavy atom. The second kappa shape index (κ2) is 17.6. The minimum atomic E-state index is -1.04. The predicted molar refractivity (Wildman–Crippen MR) is 200 cm³/mol. The van der Waals surface area contributed by atoms with Gasteiger partial charge in [-0.2, -0.15) is 0 Å². The second-order valence-corrected chi connectivity index (χ2v) is 14.7. The average Bonchev–Trinajstić information content (AvgIpc) is 3.72. The summed E-state index contributed by atoms with van der Waals surface area (Å²) in [5.74, 6) is -0.724. The van der Waals surface area contributed by atoms with Crippen molar-refractivity contribution in [2.45, 2.75) is 56.7 Å². The third-order valence-electron chi connectivity index (χ3n) is 10.3. The average molecular weight is 763 g/mol. The zero-order chi connectivity index (χ0) is 37.4. The molecule has 7 rings (SSSR count). The van der Waals surface area contributed by atoms with Crippen molar-refractivity contribution in [3.8, 4) is 11.5 Å². The summed E-state index contributed by atoms with van der Waals surface area (Å²) in [7, 11) is 0. The highest BCUT2D eigenvalue weighted by atomic mass is 32.2. The van der Waals surface area contributed by atoms with Gasteiger partial charge in [0.25, 0.3) is 11.8 Å². The van der Waals surface area contributed by atoms with Crippen molar-refractivity contribution >= 4 is 52.2 Å². The summed E-state index contributed by atoms with van der Waals surface area (Å²) >= 11 is 1.54. The monoisotopic (exact) mass is 762 g/mol. The summed E-state index contributed by atoms with van der Waals surface area (Å²) < 4.78 is 22.8. The maximum Gasteiger partial charge on any atom is 0.266 e. The normalized spacial score (nSPS) is 22.4. The number of rotatable bonds is 15. The first-order valence-electron chi connectivity index (χ1n) is 18.7. The zero-order valence-corrected chi connectivity index (χ0v) is 31.0. The molecular formula is C38H46N6O9S. The highest BCUT2D eigenvalue weighted by Gasteiger charge is 2.46. The smallest absolute Gasteiger partial charge is 0.266 e. The molecule has 0 bridgehead atoms. The quantitative estimate of drug-likeness (QED) is 0.201. The van der Waals surface area contributed by atoms with E-state index >= 15 is 0 Å². The van der Waals surface area contributed by atoms with Crippen molar-refractivity contribution in [3.05, 3.63) is 53.6 Å². The van der Waals surface area contributed by atoms with Crippen LogP contribution < -0.4 is 25.0 Å². The number of amidine groups is 1. The Morgan fingerprint density at radius 1 is 0.815 bits per heavy atom. The van der Waals surface area contributed by atoms with Crippen LogP contribution in [0, 0.1) is 0 Å². The molecule has 3 fully saturated rings. The van der Waals surface area contributed by atoms with Crippen LogP contribution in [0.3, 0.4) is 0 Å². The number of aliphatic imine (C=N–C) groups is 1. The van der Waals surface area contributed by atoms with Crippen molar-refractivity contribution in [1.82, 2.24) is 20.4 Å². The van der Waals surface area contributed by atoms with E-state index in [0.717, 1.165) is 41.0 Å². The standard InChI is InChI=1S/C38H46N6O9S/c45-32-13-12-30(35(47)41-32)44-36(48)27-4-3-7-31(34(27)37(44)49)53-23-21-51-19-18-50-20-22-52-26-10-8-25(9-11-26)42-14-16-43(17-15-42)33(46)24-54-38-39-28-5-1-2-6-29(28)40-38/h3-4,7-11,28-30H,1-2,5-6,12-24H2,(H,39,40)(H,41,45,47)/t28-,29-,30?/m1/s1. The molecule has 2 aromatic carbocycles. The third-order valence-corrected chi connectivity index (χ3v) is 11.2. The molecule has 2 saturated heterocycles. The van der Waals surface area contributed by atoms with Gasteiger partial charge >= 0.3 is 0 Å². The third kappa shape index (κ3) is 8.82. The van der Waals surface area contributed by atoms with Gasteiger partial charge < -0.3 is 34.1 Å². The van der Waals surface area contributed by atoms with Gasteiger partial charge in [-0.05, 0) is 55.7 Å². The number of hydrogen-bond donors (Lipinski definition) is 2. The molecule has 1 unspecified atom stereocenters. The fraction of sp³-hybridized carbons (Fsp3) is 0.526. The molecule has 1 saturated carbocycles. The van der Waals surface area contributed by atoms with Gasteiger partial charge in [0, 0.05) is 38.3 Å². The number of anilines is 1. The van der Waals surface area contributed by atoms with Gasteiger partial charge in [0.05, 0.1) is 55.4 Å². The Balaban J connectivity index is 0.733. The molecule has 2 N–H and O–H groups in total. The number of hydrogen-bond acceptors (Lipinski definition) is 13. The lowest BCUT2D eigenvalue weighted by Gasteiger charge is -2.36. The van der Waals surface area contributed by atoms with Gasteiger partial charge in [0.2, 0.25) is 17.7 Å². The fourth-order valence-electron chi connectivity index (χ4n) is 7.40. The van der Waals surface area contributed by atoms with Gasteiger partial charge in [-0.25, -0.2) is 0 Å². The van der Waals surface area contributed by atoms with E-state index in [1.54, 1.807) is 12.1 Å². The predicted octanol–water partition coefficient (Wildman–Crippen LogP) is 2.23. The van der Waals surface area contributed by atoms with Crippen LogP contribution in [-0.4, -0.2) is 134 Å². The van der Waals surface area contributed by atoms with Gasteiger partial charge in [0.15, 0.2) is 5.17 Å². The number of imide groups is 2. The topological polar surface area (TPSA) is 168 Å². The number of amides is 5. The lowest BCUT2D eigenvalue weighted by Crippen LogP contribution is -2.54. The summed E-state index contributed by atoms with van der Waals surface area (Å²) in [6.07, 6.45) is 4.95. The van der Waals surface area contributed by atoms with E-state index in [9.17, 15) is 24.0 Å². The molecule has 4 aliphatic heterocycles. The van der Waals surface area contributed by atoms with E-state index < -0.39 is 29.7 Å².